The van der Waals surface area contributed by atoms with Gasteiger partial charge in [0.1, 0.15) is 11.3 Å². The van der Waals surface area contributed by atoms with E-state index >= 15 is 0 Å². The predicted octanol–water partition coefficient (Wildman–Crippen LogP) is 1.97. The van der Waals surface area contributed by atoms with Gasteiger partial charge in [-0.05, 0) is 39.0 Å². The van der Waals surface area contributed by atoms with Crippen molar-refractivity contribution >= 4 is 23.0 Å². The lowest BCUT2D eigenvalue weighted by atomic mass is 10.2. The highest BCUT2D eigenvalue weighted by molar-refractivity contribution is 5.96. The second-order valence-electron chi connectivity index (χ2n) is 5.58. The summed E-state index contributed by atoms with van der Waals surface area (Å²) < 4.78 is 10.5. The number of hydrogen-bond donors (Lipinski definition) is 0. The van der Waals surface area contributed by atoms with E-state index in [9.17, 15) is 14.4 Å². The molecular formula is C15H16N2O5. The number of carbonyl (C=O) groups excluding carboxylic acids is 2. The van der Waals surface area contributed by atoms with Gasteiger partial charge < -0.3 is 9.47 Å². The molecule has 116 valence electrons. The lowest BCUT2D eigenvalue weighted by Crippen LogP contribution is -2.37. The van der Waals surface area contributed by atoms with Crippen molar-refractivity contribution < 1.29 is 19.1 Å². The molecule has 0 fully saturated rings. The number of rotatable bonds is 1. The van der Waals surface area contributed by atoms with Crippen molar-refractivity contribution in [3.8, 4) is 0 Å². The van der Waals surface area contributed by atoms with Crippen molar-refractivity contribution in [2.75, 3.05) is 7.11 Å². The van der Waals surface area contributed by atoms with Crippen LogP contribution in [0.5, 0.6) is 0 Å². The number of methoxy groups -OCH3 is 1. The molecule has 2 rings (SSSR count). The molecule has 0 atom stereocenters. The van der Waals surface area contributed by atoms with E-state index in [2.05, 4.69) is 9.72 Å². The maximum atomic E-state index is 12.5. The van der Waals surface area contributed by atoms with Crippen LogP contribution >= 0.6 is 0 Å². The number of carbonyl (C=O) groups is 2. The van der Waals surface area contributed by atoms with Gasteiger partial charge in [0.05, 0.1) is 18.0 Å². The number of esters is 1. The van der Waals surface area contributed by atoms with Crippen molar-refractivity contribution in [2.45, 2.75) is 26.4 Å². The summed E-state index contributed by atoms with van der Waals surface area (Å²) in [6, 6.07) is 4.42. The van der Waals surface area contributed by atoms with Gasteiger partial charge in [-0.15, -0.1) is 0 Å². The van der Waals surface area contributed by atoms with Gasteiger partial charge >= 0.3 is 12.1 Å². The monoisotopic (exact) mass is 304 g/mol. The summed E-state index contributed by atoms with van der Waals surface area (Å²) in [5.74, 6) is -0.824. The van der Waals surface area contributed by atoms with Gasteiger partial charge in [-0.3, -0.25) is 9.78 Å². The van der Waals surface area contributed by atoms with Gasteiger partial charge in [0.2, 0.25) is 0 Å². The second kappa shape index (κ2) is 5.59. The fourth-order valence-electron chi connectivity index (χ4n) is 1.88. The Morgan fingerprint density at radius 2 is 1.95 bits per heavy atom. The smallest absolute Gasteiger partial charge is 0.422 e. The molecule has 0 N–H and O–H groups in total. The minimum atomic E-state index is -0.941. The Balaban J connectivity index is 2.74. The first-order chi connectivity index (χ1) is 10.2. The Bertz CT molecular complexity index is 802. The third-order valence-electron chi connectivity index (χ3n) is 2.76. The molecule has 0 aliphatic heterocycles. The zero-order valence-corrected chi connectivity index (χ0v) is 12.7. The van der Waals surface area contributed by atoms with E-state index in [1.54, 1.807) is 26.8 Å². The molecule has 2 aromatic rings. The van der Waals surface area contributed by atoms with E-state index in [0.29, 0.717) is 10.1 Å². The van der Waals surface area contributed by atoms with Crippen LogP contribution in [0.2, 0.25) is 0 Å². The SMILES string of the molecule is COC(=O)c1cc2ncccc2c(=O)n1C(=O)OC(C)(C)C. The normalized spacial score (nSPS) is 11.3. The lowest BCUT2D eigenvalue weighted by molar-refractivity contribution is 0.0476. The van der Waals surface area contributed by atoms with Gasteiger partial charge in [0.15, 0.2) is 0 Å². The fourth-order valence-corrected chi connectivity index (χ4v) is 1.88. The molecule has 0 saturated heterocycles. The zero-order valence-electron chi connectivity index (χ0n) is 12.7. The minimum Gasteiger partial charge on any atom is -0.464 e. The molecule has 2 heterocycles. The number of ether oxygens (including phenoxy) is 2. The largest absolute Gasteiger partial charge is 0.464 e. The van der Waals surface area contributed by atoms with Crippen LogP contribution in [0.25, 0.3) is 10.9 Å². The van der Waals surface area contributed by atoms with Crippen LogP contribution in [-0.4, -0.2) is 34.3 Å². The standard InChI is InChI=1S/C15H16N2O5/c1-15(2,3)22-14(20)17-11(13(19)21-4)8-10-9(12(17)18)6-5-7-16-10/h5-8H,1-4H3. The molecule has 0 radical (unpaired) electrons. The molecule has 0 aliphatic rings. The molecule has 22 heavy (non-hydrogen) atoms. The molecule has 0 amide bonds. The second-order valence-corrected chi connectivity index (χ2v) is 5.58. The van der Waals surface area contributed by atoms with Gasteiger partial charge in [0.25, 0.3) is 5.56 Å². The first-order valence-corrected chi connectivity index (χ1v) is 6.57. The molecule has 0 bridgehead atoms. The summed E-state index contributed by atoms with van der Waals surface area (Å²) in [5.41, 5.74) is -1.42. The quantitative estimate of drug-likeness (QED) is 0.748. The van der Waals surface area contributed by atoms with Crippen molar-refractivity contribution in [1.29, 1.82) is 0 Å². The van der Waals surface area contributed by atoms with E-state index in [1.165, 1.54) is 18.3 Å². The average molecular weight is 304 g/mol. The van der Waals surface area contributed by atoms with Crippen LogP contribution in [0.4, 0.5) is 4.79 Å². The van der Waals surface area contributed by atoms with E-state index in [4.69, 9.17) is 4.74 Å². The number of nitrogens with zero attached hydrogens (tertiary/aromatic N) is 2. The summed E-state index contributed by atoms with van der Waals surface area (Å²) in [5, 5.41) is 0.209. The van der Waals surface area contributed by atoms with Crippen LogP contribution in [-0.2, 0) is 9.47 Å². The number of pyridine rings is 2. The zero-order chi connectivity index (χ0) is 16.5. The maximum Gasteiger partial charge on any atom is 0.422 e. The van der Waals surface area contributed by atoms with Crippen LogP contribution in [0, 0.1) is 0 Å². The van der Waals surface area contributed by atoms with Crippen LogP contribution in [0.1, 0.15) is 31.3 Å². The number of hydrogen-bond acceptors (Lipinski definition) is 6. The molecule has 0 aliphatic carbocycles. The van der Waals surface area contributed by atoms with Crippen LogP contribution < -0.4 is 5.56 Å². The van der Waals surface area contributed by atoms with Crippen LogP contribution in [0.15, 0.2) is 29.2 Å². The first-order valence-electron chi connectivity index (χ1n) is 6.57. The minimum absolute atomic E-state index is 0.209. The highest BCUT2D eigenvalue weighted by Crippen LogP contribution is 2.14. The Morgan fingerprint density at radius 3 is 2.55 bits per heavy atom. The highest BCUT2D eigenvalue weighted by Gasteiger charge is 2.25. The summed E-state index contributed by atoms with van der Waals surface area (Å²) >= 11 is 0. The topological polar surface area (TPSA) is 87.5 Å². The molecule has 0 saturated carbocycles. The molecule has 0 aromatic carbocycles. The van der Waals surface area contributed by atoms with Crippen molar-refractivity contribution in [3.05, 3.63) is 40.4 Å². The summed E-state index contributed by atoms with van der Waals surface area (Å²) in [6.07, 6.45) is 0.546. The van der Waals surface area contributed by atoms with E-state index < -0.39 is 23.2 Å². The van der Waals surface area contributed by atoms with Gasteiger partial charge in [0, 0.05) is 6.20 Å². The van der Waals surface area contributed by atoms with Crippen molar-refractivity contribution in [3.63, 3.8) is 0 Å². The van der Waals surface area contributed by atoms with E-state index in [1.807, 2.05) is 0 Å². The van der Waals surface area contributed by atoms with Gasteiger partial charge in [-0.25, -0.2) is 14.2 Å². The van der Waals surface area contributed by atoms with Crippen molar-refractivity contribution in [1.82, 2.24) is 9.55 Å². The first kappa shape index (κ1) is 15.7. The summed E-state index contributed by atoms with van der Waals surface area (Å²) in [7, 11) is 1.16. The highest BCUT2D eigenvalue weighted by atomic mass is 16.6. The van der Waals surface area contributed by atoms with Gasteiger partial charge in [-0.2, -0.15) is 0 Å². The lowest BCUT2D eigenvalue weighted by Gasteiger charge is -2.21. The van der Waals surface area contributed by atoms with E-state index in [-0.39, 0.29) is 11.1 Å². The molecule has 0 spiro atoms. The summed E-state index contributed by atoms with van der Waals surface area (Å²) in [4.78, 5) is 40.7. The third kappa shape index (κ3) is 2.98. The van der Waals surface area contributed by atoms with Crippen LogP contribution in [0.3, 0.4) is 0 Å². The van der Waals surface area contributed by atoms with Gasteiger partial charge in [-0.1, -0.05) is 0 Å². The van der Waals surface area contributed by atoms with E-state index in [0.717, 1.165) is 7.11 Å². The molecule has 7 nitrogen and oxygen atoms in total. The average Bonchev–Trinajstić information content (AvgIpc) is 2.44. The predicted molar refractivity (Wildman–Crippen MR) is 79.0 cm³/mol. The molecule has 2 aromatic heterocycles. The summed E-state index contributed by atoms with van der Waals surface area (Å²) in [6.45, 7) is 4.99. The number of aromatic nitrogens is 2. The molecule has 7 heteroatoms. The Labute approximate surface area is 126 Å². The molecular weight excluding hydrogens is 288 g/mol. The Morgan fingerprint density at radius 1 is 1.27 bits per heavy atom. The molecule has 0 unspecified atom stereocenters. The fraction of sp³-hybridized carbons (Fsp3) is 0.333. The third-order valence-corrected chi connectivity index (χ3v) is 2.76. The Hall–Kier alpha value is -2.70. The maximum absolute atomic E-state index is 12.5. The number of fused-ring (bicyclic) bond motifs is 1. The Kier molecular flexibility index (Phi) is 3.99. The van der Waals surface area contributed by atoms with Crippen molar-refractivity contribution in [2.24, 2.45) is 0 Å².